The second kappa shape index (κ2) is 10.5. The molecule has 3 aromatic rings. The Morgan fingerprint density at radius 3 is 2.52 bits per heavy atom. The van der Waals surface area contributed by atoms with Gasteiger partial charge >= 0.3 is 0 Å². The van der Waals surface area contributed by atoms with E-state index in [1.165, 1.54) is 0 Å². The van der Waals surface area contributed by atoms with Gasteiger partial charge in [-0.1, -0.05) is 30.4 Å². The molecule has 2 heterocycles. The molecule has 1 fully saturated rings. The smallest absolute Gasteiger partial charge is 0.227 e. The Morgan fingerprint density at radius 1 is 1.12 bits per heavy atom. The minimum absolute atomic E-state index is 0.0510. The molecule has 6 heteroatoms. The van der Waals surface area contributed by atoms with Crippen molar-refractivity contribution in [3.8, 4) is 11.4 Å². The predicted octanol–water partition coefficient (Wildman–Crippen LogP) is 4.86. The van der Waals surface area contributed by atoms with Crippen molar-refractivity contribution in [2.75, 3.05) is 32.1 Å². The van der Waals surface area contributed by atoms with Crippen molar-refractivity contribution in [2.24, 2.45) is 5.92 Å². The molecule has 0 spiro atoms. The van der Waals surface area contributed by atoms with Crippen LogP contribution in [0.5, 0.6) is 5.75 Å². The molecule has 2 aromatic carbocycles. The molecule has 1 saturated heterocycles. The van der Waals surface area contributed by atoms with Crippen LogP contribution < -0.4 is 10.1 Å². The van der Waals surface area contributed by atoms with Crippen LogP contribution in [-0.2, 0) is 4.79 Å². The number of hydrogen-bond donors (Lipinski definition) is 1. The van der Waals surface area contributed by atoms with Crippen molar-refractivity contribution in [2.45, 2.75) is 26.7 Å². The third kappa shape index (κ3) is 5.71. The van der Waals surface area contributed by atoms with Crippen LogP contribution in [0.3, 0.4) is 0 Å². The molecule has 0 aliphatic carbocycles. The van der Waals surface area contributed by atoms with Crippen LogP contribution in [0.15, 0.2) is 60.7 Å². The Kier molecular flexibility index (Phi) is 7.25. The van der Waals surface area contributed by atoms with Gasteiger partial charge in [-0.15, -0.1) is 0 Å². The number of benzene rings is 2. The number of carbonyl (C=O) groups is 1. The first-order chi connectivity index (χ1) is 16.0. The maximum absolute atomic E-state index is 12.8. The number of carbonyl (C=O) groups excluding carboxylic acids is 1. The Balaban J connectivity index is 1.25. The van der Waals surface area contributed by atoms with Gasteiger partial charge in [0.05, 0.1) is 18.5 Å². The number of ether oxygens (including phenoxy) is 1. The third-order valence-corrected chi connectivity index (χ3v) is 6.15. The van der Waals surface area contributed by atoms with E-state index in [1.54, 1.807) is 7.11 Å². The van der Waals surface area contributed by atoms with Crippen molar-refractivity contribution >= 4 is 17.7 Å². The van der Waals surface area contributed by atoms with Crippen molar-refractivity contribution in [1.29, 1.82) is 0 Å². The fraction of sp³-hybridized carbons (Fsp3) is 0.333. The molecule has 1 aliphatic rings. The molecule has 172 valence electrons. The molecule has 1 aliphatic heterocycles. The number of methoxy groups -OCH3 is 1. The van der Waals surface area contributed by atoms with Gasteiger partial charge in [0.25, 0.3) is 0 Å². The molecule has 1 N–H and O–H groups in total. The van der Waals surface area contributed by atoms with Gasteiger partial charge in [-0.05, 0) is 76.2 Å². The van der Waals surface area contributed by atoms with Crippen LogP contribution in [-0.4, -0.2) is 47.3 Å². The number of para-hydroxylation sites is 1. The summed E-state index contributed by atoms with van der Waals surface area (Å²) >= 11 is 0. The second-order valence-corrected chi connectivity index (χ2v) is 8.59. The number of anilines is 1. The molecule has 4 rings (SSSR count). The number of rotatable bonds is 7. The summed E-state index contributed by atoms with van der Waals surface area (Å²) in [5, 5.41) is 7.60. The molecule has 6 nitrogen and oxygen atoms in total. The lowest BCUT2D eigenvalue weighted by Crippen LogP contribution is -2.38. The van der Waals surface area contributed by atoms with Crippen LogP contribution in [0.2, 0.25) is 0 Å². The molecule has 33 heavy (non-hydrogen) atoms. The molecule has 1 amide bonds. The monoisotopic (exact) mass is 444 g/mol. The summed E-state index contributed by atoms with van der Waals surface area (Å²) in [4.78, 5) is 15.2. The first-order valence-electron chi connectivity index (χ1n) is 11.5. The number of hydrogen-bond acceptors (Lipinski definition) is 4. The second-order valence-electron chi connectivity index (χ2n) is 8.59. The van der Waals surface area contributed by atoms with Gasteiger partial charge in [0, 0.05) is 29.4 Å². The summed E-state index contributed by atoms with van der Waals surface area (Å²) in [5.41, 5.74) is 4.99. The van der Waals surface area contributed by atoms with E-state index in [0.717, 1.165) is 66.6 Å². The number of nitrogens with zero attached hydrogens (tertiary/aromatic N) is 3. The van der Waals surface area contributed by atoms with E-state index >= 15 is 0 Å². The molecule has 0 atom stereocenters. The highest BCUT2D eigenvalue weighted by molar-refractivity contribution is 5.92. The molecule has 1 aromatic heterocycles. The molecule has 0 saturated carbocycles. The number of aromatic nitrogens is 2. The Labute approximate surface area is 195 Å². The van der Waals surface area contributed by atoms with Crippen LogP contribution in [0.1, 0.15) is 29.8 Å². The zero-order valence-corrected chi connectivity index (χ0v) is 19.6. The van der Waals surface area contributed by atoms with Gasteiger partial charge in [0.2, 0.25) is 5.91 Å². The maximum atomic E-state index is 12.8. The molecule has 0 radical (unpaired) electrons. The summed E-state index contributed by atoms with van der Waals surface area (Å²) in [7, 11) is 1.69. The number of piperidine rings is 1. The van der Waals surface area contributed by atoms with E-state index in [1.807, 2.05) is 61.0 Å². The SMILES string of the molecule is COc1ccccc1/C=C/CN1CCC(C(=O)Nc2ccc(-n3nc(C)cc3C)cc2)CC1. The van der Waals surface area contributed by atoms with Crippen LogP contribution >= 0.6 is 0 Å². The van der Waals surface area contributed by atoms with E-state index in [9.17, 15) is 4.79 Å². The van der Waals surface area contributed by atoms with Gasteiger partial charge < -0.3 is 10.1 Å². The van der Waals surface area contributed by atoms with Crippen molar-refractivity contribution in [1.82, 2.24) is 14.7 Å². The van der Waals surface area contributed by atoms with Gasteiger partial charge in [-0.2, -0.15) is 5.10 Å². The number of nitrogens with one attached hydrogen (secondary N) is 1. The summed E-state index contributed by atoms with van der Waals surface area (Å²) in [5.74, 6) is 1.04. The van der Waals surface area contributed by atoms with Crippen molar-refractivity contribution in [3.05, 3.63) is 77.6 Å². The first kappa shape index (κ1) is 22.8. The van der Waals surface area contributed by atoms with Crippen LogP contribution in [0.4, 0.5) is 5.69 Å². The van der Waals surface area contributed by atoms with E-state index in [2.05, 4.69) is 39.6 Å². The zero-order valence-electron chi connectivity index (χ0n) is 19.6. The standard InChI is InChI=1S/C27H32N4O2/c1-20-19-21(2)31(29-20)25-12-10-24(11-13-25)28-27(32)23-14-17-30(18-15-23)16-6-8-22-7-4-5-9-26(22)33-3/h4-13,19,23H,14-18H2,1-3H3,(H,28,32)/b8-6+. The summed E-state index contributed by atoms with van der Waals surface area (Å²) in [6.07, 6.45) is 6.02. The van der Waals surface area contributed by atoms with Gasteiger partial charge in [-0.3, -0.25) is 9.69 Å². The lowest BCUT2D eigenvalue weighted by Gasteiger charge is -2.30. The summed E-state index contributed by atoms with van der Waals surface area (Å²) in [6, 6.07) is 17.9. The largest absolute Gasteiger partial charge is 0.496 e. The highest BCUT2D eigenvalue weighted by Crippen LogP contribution is 2.22. The lowest BCUT2D eigenvalue weighted by atomic mass is 9.95. The van der Waals surface area contributed by atoms with E-state index in [-0.39, 0.29) is 11.8 Å². The maximum Gasteiger partial charge on any atom is 0.227 e. The van der Waals surface area contributed by atoms with E-state index in [0.29, 0.717) is 0 Å². The number of likely N-dealkylation sites (tertiary alicyclic amines) is 1. The first-order valence-corrected chi connectivity index (χ1v) is 11.5. The van der Waals surface area contributed by atoms with Crippen LogP contribution in [0.25, 0.3) is 11.8 Å². The minimum Gasteiger partial charge on any atom is -0.496 e. The predicted molar refractivity (Wildman–Crippen MR) is 133 cm³/mol. The zero-order chi connectivity index (χ0) is 23.2. The minimum atomic E-state index is 0.0510. The fourth-order valence-corrected chi connectivity index (χ4v) is 4.33. The van der Waals surface area contributed by atoms with Gasteiger partial charge in [0.15, 0.2) is 0 Å². The van der Waals surface area contributed by atoms with E-state index in [4.69, 9.17) is 4.74 Å². The molecule has 0 bridgehead atoms. The highest BCUT2D eigenvalue weighted by Gasteiger charge is 2.24. The average Bonchev–Trinajstić information content (AvgIpc) is 3.18. The van der Waals surface area contributed by atoms with Crippen molar-refractivity contribution in [3.63, 3.8) is 0 Å². The van der Waals surface area contributed by atoms with Gasteiger partial charge in [-0.25, -0.2) is 4.68 Å². The topological polar surface area (TPSA) is 59.4 Å². The Morgan fingerprint density at radius 2 is 1.85 bits per heavy atom. The summed E-state index contributed by atoms with van der Waals surface area (Å²) in [6.45, 7) is 6.74. The number of aryl methyl sites for hydroxylation is 2. The quantitative estimate of drug-likeness (QED) is 0.565. The molecule has 0 unspecified atom stereocenters. The fourth-order valence-electron chi connectivity index (χ4n) is 4.33. The van der Waals surface area contributed by atoms with Crippen LogP contribution in [0, 0.1) is 19.8 Å². The normalized spacial score (nSPS) is 15.1. The van der Waals surface area contributed by atoms with Gasteiger partial charge in [0.1, 0.15) is 5.75 Å². The molecular formula is C27H32N4O2. The number of amides is 1. The van der Waals surface area contributed by atoms with Crippen molar-refractivity contribution < 1.29 is 9.53 Å². The third-order valence-electron chi connectivity index (χ3n) is 6.15. The highest BCUT2D eigenvalue weighted by atomic mass is 16.5. The molecular weight excluding hydrogens is 412 g/mol. The Hall–Kier alpha value is -3.38. The summed E-state index contributed by atoms with van der Waals surface area (Å²) < 4.78 is 7.31. The Bertz CT molecular complexity index is 1110. The van der Waals surface area contributed by atoms with E-state index < -0.39 is 0 Å². The average molecular weight is 445 g/mol. The lowest BCUT2D eigenvalue weighted by molar-refractivity contribution is -0.121.